The first-order chi connectivity index (χ1) is 9.95. The number of allylic oxidation sites excluding steroid dienone is 4. The van der Waals surface area contributed by atoms with Crippen LogP contribution in [0.1, 0.15) is 58.8 Å². The summed E-state index contributed by atoms with van der Waals surface area (Å²) in [6.07, 6.45) is 13.4. The largest absolute Gasteiger partial charge is 0.393 e. The molecule has 0 saturated heterocycles. The molecule has 0 aromatic heterocycles. The zero-order valence-corrected chi connectivity index (χ0v) is 14.8. The molecule has 21 heavy (non-hydrogen) atoms. The summed E-state index contributed by atoms with van der Waals surface area (Å²) in [6, 6.07) is 0. The van der Waals surface area contributed by atoms with E-state index in [4.69, 9.17) is 0 Å². The van der Waals surface area contributed by atoms with Crippen LogP contribution in [0.2, 0.25) is 0 Å². The van der Waals surface area contributed by atoms with Gasteiger partial charge in [0, 0.05) is 0 Å². The molecule has 0 heterocycles. The second-order valence-corrected chi connectivity index (χ2v) is 9.44. The Kier molecular flexibility index (Phi) is 3.25. The fraction of sp³-hybridized carbons (Fsp3) is 0.789. The third kappa shape index (κ3) is 1.91. The van der Waals surface area contributed by atoms with Gasteiger partial charge in [-0.25, -0.2) is 0 Å². The van der Waals surface area contributed by atoms with Gasteiger partial charge in [-0.3, -0.25) is 0 Å². The van der Waals surface area contributed by atoms with E-state index in [-0.39, 0.29) is 11.5 Å². The van der Waals surface area contributed by atoms with E-state index < -0.39 is 0 Å². The summed E-state index contributed by atoms with van der Waals surface area (Å²) in [5.74, 6) is 2.38. The van der Waals surface area contributed by atoms with Crippen molar-refractivity contribution in [3.8, 4) is 0 Å². The Morgan fingerprint density at radius 3 is 2.76 bits per heavy atom. The topological polar surface area (TPSA) is 20.2 Å². The highest BCUT2D eigenvalue weighted by Crippen LogP contribution is 2.64. The van der Waals surface area contributed by atoms with Crippen LogP contribution < -0.4 is 0 Å². The SMILES string of the molecule is C[C@]12CC[C@H]3[C@@H](CC=C4C=C(Br)CC[C@@]43C)[C@@H]1CC[C@@H]2O. The van der Waals surface area contributed by atoms with Crippen molar-refractivity contribution in [1.82, 2.24) is 0 Å². The lowest BCUT2D eigenvalue weighted by Crippen LogP contribution is -2.50. The number of fused-ring (bicyclic) bond motifs is 5. The van der Waals surface area contributed by atoms with E-state index in [9.17, 15) is 5.11 Å². The van der Waals surface area contributed by atoms with Crippen LogP contribution in [-0.2, 0) is 0 Å². The van der Waals surface area contributed by atoms with Gasteiger partial charge in [0.2, 0.25) is 0 Å². The Hall–Kier alpha value is -0.0800. The quantitative estimate of drug-likeness (QED) is 0.636. The van der Waals surface area contributed by atoms with E-state index in [1.807, 2.05) is 0 Å². The lowest BCUT2D eigenvalue weighted by Gasteiger charge is -2.56. The lowest BCUT2D eigenvalue weighted by atomic mass is 9.49. The number of hydrogen-bond donors (Lipinski definition) is 1. The molecule has 4 aliphatic carbocycles. The molecule has 0 amide bonds. The molecule has 0 radical (unpaired) electrons. The van der Waals surface area contributed by atoms with Crippen molar-refractivity contribution in [2.75, 3.05) is 0 Å². The summed E-state index contributed by atoms with van der Waals surface area (Å²) in [7, 11) is 0. The van der Waals surface area contributed by atoms with Crippen molar-refractivity contribution in [3.63, 3.8) is 0 Å². The molecule has 4 rings (SSSR count). The van der Waals surface area contributed by atoms with Crippen molar-refractivity contribution < 1.29 is 5.11 Å². The van der Waals surface area contributed by atoms with Crippen molar-refractivity contribution in [1.29, 1.82) is 0 Å². The molecule has 116 valence electrons. The monoisotopic (exact) mass is 350 g/mol. The molecule has 0 unspecified atom stereocenters. The molecule has 2 saturated carbocycles. The van der Waals surface area contributed by atoms with Crippen molar-refractivity contribution in [3.05, 3.63) is 22.2 Å². The molecule has 0 bridgehead atoms. The first-order valence-corrected chi connectivity index (χ1v) is 9.49. The summed E-state index contributed by atoms with van der Waals surface area (Å²) in [6.45, 7) is 4.88. The number of halogens is 1. The fourth-order valence-electron chi connectivity index (χ4n) is 6.26. The van der Waals surface area contributed by atoms with Crippen LogP contribution in [0.4, 0.5) is 0 Å². The summed E-state index contributed by atoms with van der Waals surface area (Å²) in [5.41, 5.74) is 2.17. The van der Waals surface area contributed by atoms with Crippen LogP contribution in [-0.4, -0.2) is 11.2 Å². The van der Waals surface area contributed by atoms with Crippen LogP contribution >= 0.6 is 15.9 Å². The van der Waals surface area contributed by atoms with Crippen LogP contribution in [0.5, 0.6) is 0 Å². The fourth-order valence-corrected chi connectivity index (χ4v) is 6.71. The van der Waals surface area contributed by atoms with Gasteiger partial charge in [0.05, 0.1) is 6.10 Å². The van der Waals surface area contributed by atoms with Gasteiger partial charge in [0.25, 0.3) is 0 Å². The summed E-state index contributed by atoms with van der Waals surface area (Å²) < 4.78 is 1.38. The highest BCUT2D eigenvalue weighted by molar-refractivity contribution is 9.11. The zero-order valence-electron chi connectivity index (χ0n) is 13.2. The zero-order chi connectivity index (χ0) is 14.8. The lowest BCUT2D eigenvalue weighted by molar-refractivity contribution is -0.0624. The van der Waals surface area contributed by atoms with E-state index in [1.54, 1.807) is 5.57 Å². The molecule has 4 aliphatic rings. The Bertz CT molecular complexity index is 522. The molecule has 2 fully saturated rings. The number of rotatable bonds is 0. The van der Waals surface area contributed by atoms with Crippen LogP contribution in [0.25, 0.3) is 0 Å². The second-order valence-electron chi connectivity index (χ2n) is 8.42. The Morgan fingerprint density at radius 2 is 1.95 bits per heavy atom. The Morgan fingerprint density at radius 1 is 1.14 bits per heavy atom. The Labute approximate surface area is 137 Å². The summed E-state index contributed by atoms with van der Waals surface area (Å²) >= 11 is 3.71. The highest BCUT2D eigenvalue weighted by atomic mass is 79.9. The second kappa shape index (κ2) is 4.71. The molecule has 0 aromatic rings. The van der Waals surface area contributed by atoms with Gasteiger partial charge < -0.3 is 5.11 Å². The normalized spacial score (nSPS) is 52.4. The standard InChI is InChI=1S/C19H27BrO/c1-18-9-7-13(20)11-12(18)3-4-14-15-5-6-17(21)19(15,2)10-8-16(14)18/h3,11,14-17,21H,4-10H2,1-2H3/t14-,15-,16-,17-,18-,19-/m0/s1. The third-order valence-corrected chi connectivity index (χ3v) is 8.30. The first-order valence-electron chi connectivity index (χ1n) is 8.70. The van der Waals surface area contributed by atoms with E-state index in [0.29, 0.717) is 5.41 Å². The smallest absolute Gasteiger partial charge is 0.0596 e. The number of aliphatic hydroxyl groups excluding tert-OH is 1. The first kappa shape index (κ1) is 14.5. The molecule has 6 atom stereocenters. The van der Waals surface area contributed by atoms with E-state index in [2.05, 4.69) is 41.9 Å². The predicted molar refractivity (Wildman–Crippen MR) is 90.1 cm³/mol. The minimum atomic E-state index is -0.0537. The van der Waals surface area contributed by atoms with E-state index in [1.165, 1.54) is 43.0 Å². The van der Waals surface area contributed by atoms with E-state index >= 15 is 0 Å². The maximum Gasteiger partial charge on any atom is 0.0596 e. The van der Waals surface area contributed by atoms with Gasteiger partial charge >= 0.3 is 0 Å². The molecule has 1 nitrogen and oxygen atoms in total. The third-order valence-electron chi connectivity index (χ3n) is 7.67. The average molecular weight is 351 g/mol. The maximum atomic E-state index is 10.5. The molecular weight excluding hydrogens is 324 g/mol. The van der Waals surface area contributed by atoms with Crippen molar-refractivity contribution in [2.45, 2.75) is 64.9 Å². The molecule has 0 aliphatic heterocycles. The summed E-state index contributed by atoms with van der Waals surface area (Å²) in [5, 5.41) is 10.5. The average Bonchev–Trinajstić information content (AvgIpc) is 2.76. The van der Waals surface area contributed by atoms with Crippen molar-refractivity contribution in [2.24, 2.45) is 28.6 Å². The predicted octanol–water partition coefficient (Wildman–Crippen LogP) is 5.20. The van der Waals surface area contributed by atoms with Gasteiger partial charge in [0.15, 0.2) is 0 Å². The summed E-state index contributed by atoms with van der Waals surface area (Å²) in [4.78, 5) is 0. The van der Waals surface area contributed by atoms with Gasteiger partial charge in [-0.15, -0.1) is 0 Å². The molecule has 0 spiro atoms. The number of aliphatic hydroxyl groups is 1. The molecule has 1 N–H and O–H groups in total. The van der Waals surface area contributed by atoms with E-state index in [0.717, 1.165) is 24.2 Å². The van der Waals surface area contributed by atoms with Crippen molar-refractivity contribution >= 4 is 15.9 Å². The van der Waals surface area contributed by atoms with Gasteiger partial charge in [-0.2, -0.15) is 0 Å². The molecule has 2 heteroatoms. The maximum absolute atomic E-state index is 10.5. The molecule has 0 aromatic carbocycles. The van der Waals surface area contributed by atoms with Crippen LogP contribution in [0, 0.1) is 28.6 Å². The van der Waals surface area contributed by atoms with Gasteiger partial charge in [-0.05, 0) is 89.7 Å². The minimum absolute atomic E-state index is 0.0537. The number of hydrogen-bond acceptors (Lipinski definition) is 1. The van der Waals surface area contributed by atoms with Crippen LogP contribution in [0.3, 0.4) is 0 Å². The van der Waals surface area contributed by atoms with Gasteiger partial charge in [0.1, 0.15) is 0 Å². The van der Waals surface area contributed by atoms with Gasteiger partial charge in [-0.1, -0.05) is 35.9 Å². The van der Waals surface area contributed by atoms with Crippen LogP contribution in [0.15, 0.2) is 22.2 Å². The highest BCUT2D eigenvalue weighted by Gasteiger charge is 2.57. The molecular formula is C19H27BrO. The minimum Gasteiger partial charge on any atom is -0.393 e. The Balaban J connectivity index is 1.72.